The molecule has 0 aromatic heterocycles. The van der Waals surface area contributed by atoms with Gasteiger partial charge < -0.3 is 26.4 Å². The number of nitrogen functional groups attached to an aromatic ring is 2. The van der Waals surface area contributed by atoms with Crippen LogP contribution in [0.1, 0.15) is 44.4 Å². The molecule has 2 unspecified atom stereocenters. The molecule has 1 aromatic carbocycles. The number of aliphatic hydroxyl groups excluding tert-OH is 2. The Kier molecular flexibility index (Phi) is 3.83. The van der Waals surface area contributed by atoms with Crippen LogP contribution in [0, 0.1) is 0 Å². The Morgan fingerprint density at radius 1 is 1.19 bits per heavy atom. The van der Waals surface area contributed by atoms with Crippen molar-refractivity contribution in [1.82, 2.24) is 4.90 Å². The van der Waals surface area contributed by atoms with Crippen LogP contribution in [0.15, 0.2) is 12.1 Å². The number of anilines is 2. The number of ether oxygens (including phenoxy) is 1. The van der Waals surface area contributed by atoms with E-state index in [-0.39, 0.29) is 6.54 Å². The van der Waals surface area contributed by atoms with E-state index in [0.717, 1.165) is 0 Å². The number of carbonyl (C=O) groups excluding carboxylic acids is 1. The van der Waals surface area contributed by atoms with Gasteiger partial charge in [-0.15, -0.1) is 0 Å². The molecule has 0 amide bonds. The Balaban J connectivity index is 2.19. The molecule has 1 heterocycles. The highest BCUT2D eigenvalue weighted by Gasteiger charge is 2.38. The first-order valence-electron chi connectivity index (χ1n) is 6.62. The van der Waals surface area contributed by atoms with Crippen LogP contribution in [0.4, 0.5) is 11.4 Å². The molecule has 1 aromatic rings. The first-order chi connectivity index (χ1) is 9.60. The van der Waals surface area contributed by atoms with Crippen LogP contribution < -0.4 is 11.5 Å². The third-order valence-corrected chi connectivity index (χ3v) is 3.20. The van der Waals surface area contributed by atoms with Gasteiger partial charge in [0.1, 0.15) is 24.6 Å². The van der Waals surface area contributed by atoms with E-state index < -0.39 is 24.0 Å². The van der Waals surface area contributed by atoms with Gasteiger partial charge in [0.25, 0.3) is 0 Å². The largest absolute Gasteiger partial charge is 0.459 e. The second-order valence-electron chi connectivity index (χ2n) is 6.12. The Morgan fingerprint density at radius 3 is 2.00 bits per heavy atom. The molecule has 7 nitrogen and oxygen atoms in total. The SMILES string of the molecule is CC(C)(C)OC(=O)CN1C(O)c2cc(N)c(N)cc2C1O. The molecule has 7 heteroatoms. The fraction of sp³-hybridized carbons (Fsp3) is 0.500. The van der Waals surface area contributed by atoms with Crippen molar-refractivity contribution in [1.29, 1.82) is 0 Å². The van der Waals surface area contributed by atoms with Gasteiger partial charge in [0.05, 0.1) is 11.4 Å². The van der Waals surface area contributed by atoms with Gasteiger partial charge in [-0.05, 0) is 32.9 Å². The number of esters is 1. The Bertz CT molecular complexity index is 533. The first-order valence-corrected chi connectivity index (χ1v) is 6.62. The molecule has 0 saturated carbocycles. The van der Waals surface area contributed by atoms with Gasteiger partial charge in [-0.3, -0.25) is 4.79 Å². The van der Waals surface area contributed by atoms with Crippen molar-refractivity contribution in [3.8, 4) is 0 Å². The molecule has 0 spiro atoms. The number of nitrogens with zero attached hydrogens (tertiary/aromatic N) is 1. The second kappa shape index (κ2) is 5.18. The quantitative estimate of drug-likeness (QED) is 0.462. The standard InChI is InChI=1S/C14H21N3O4/c1-14(2,3)21-11(18)6-17-12(19)7-4-9(15)10(16)5-8(7)13(17)20/h4-5,12-13,19-20H,6,15-16H2,1-3H3. The van der Waals surface area contributed by atoms with Gasteiger partial charge >= 0.3 is 5.97 Å². The Labute approximate surface area is 123 Å². The molecule has 1 aliphatic rings. The van der Waals surface area contributed by atoms with Gasteiger partial charge in [0, 0.05) is 11.1 Å². The zero-order valence-corrected chi connectivity index (χ0v) is 12.3. The lowest BCUT2D eigenvalue weighted by molar-refractivity contribution is -0.165. The molecule has 2 atom stereocenters. The van der Waals surface area contributed by atoms with Crippen LogP contribution in [0.25, 0.3) is 0 Å². The minimum atomic E-state index is -1.13. The lowest BCUT2D eigenvalue weighted by Crippen LogP contribution is -2.36. The number of hydrogen-bond acceptors (Lipinski definition) is 7. The maximum absolute atomic E-state index is 11.9. The average Bonchev–Trinajstić information content (AvgIpc) is 2.54. The molecule has 2 rings (SSSR count). The number of benzene rings is 1. The van der Waals surface area contributed by atoms with Crippen molar-refractivity contribution in [3.05, 3.63) is 23.3 Å². The molecule has 0 radical (unpaired) electrons. The van der Waals surface area contributed by atoms with Gasteiger partial charge in [-0.1, -0.05) is 0 Å². The van der Waals surface area contributed by atoms with Crippen molar-refractivity contribution in [3.63, 3.8) is 0 Å². The van der Waals surface area contributed by atoms with Crippen LogP contribution in [0.3, 0.4) is 0 Å². The predicted molar refractivity (Wildman–Crippen MR) is 77.7 cm³/mol. The van der Waals surface area contributed by atoms with E-state index in [1.807, 2.05) is 0 Å². The Morgan fingerprint density at radius 2 is 1.62 bits per heavy atom. The fourth-order valence-corrected chi connectivity index (χ4v) is 2.30. The first kappa shape index (κ1) is 15.6. The van der Waals surface area contributed by atoms with E-state index >= 15 is 0 Å². The summed E-state index contributed by atoms with van der Waals surface area (Å²) < 4.78 is 5.19. The van der Waals surface area contributed by atoms with Crippen molar-refractivity contribution in [2.24, 2.45) is 0 Å². The molecule has 0 aliphatic carbocycles. The summed E-state index contributed by atoms with van der Waals surface area (Å²) in [6.45, 7) is 5.00. The number of fused-ring (bicyclic) bond motifs is 1. The number of hydrogen-bond donors (Lipinski definition) is 4. The van der Waals surface area contributed by atoms with Crippen LogP contribution in [0.2, 0.25) is 0 Å². The van der Waals surface area contributed by atoms with Gasteiger partial charge in [-0.2, -0.15) is 0 Å². The minimum absolute atomic E-state index is 0.242. The van der Waals surface area contributed by atoms with Crippen LogP contribution in [-0.2, 0) is 9.53 Å². The lowest BCUT2D eigenvalue weighted by Gasteiger charge is -2.26. The molecule has 0 saturated heterocycles. The summed E-state index contributed by atoms with van der Waals surface area (Å²) in [5.74, 6) is -0.533. The molecule has 6 N–H and O–H groups in total. The molecule has 0 fully saturated rings. The van der Waals surface area contributed by atoms with E-state index in [1.165, 1.54) is 17.0 Å². The monoisotopic (exact) mass is 295 g/mol. The third kappa shape index (κ3) is 3.10. The van der Waals surface area contributed by atoms with E-state index in [0.29, 0.717) is 22.5 Å². The molecule has 116 valence electrons. The molecule has 21 heavy (non-hydrogen) atoms. The predicted octanol–water partition coefficient (Wildman–Crippen LogP) is 0.490. The molecular weight excluding hydrogens is 274 g/mol. The summed E-state index contributed by atoms with van der Waals surface area (Å²) >= 11 is 0. The fourth-order valence-electron chi connectivity index (χ4n) is 2.30. The van der Waals surface area contributed by atoms with Gasteiger partial charge in [0.15, 0.2) is 0 Å². The van der Waals surface area contributed by atoms with E-state index in [9.17, 15) is 15.0 Å². The summed E-state index contributed by atoms with van der Waals surface area (Å²) in [7, 11) is 0. The lowest BCUT2D eigenvalue weighted by atomic mass is 10.1. The van der Waals surface area contributed by atoms with Crippen LogP contribution in [-0.4, -0.2) is 33.2 Å². The normalized spacial score (nSPS) is 22.1. The second-order valence-corrected chi connectivity index (χ2v) is 6.12. The Hall–Kier alpha value is -1.83. The van der Waals surface area contributed by atoms with E-state index in [2.05, 4.69) is 0 Å². The van der Waals surface area contributed by atoms with E-state index in [4.69, 9.17) is 16.2 Å². The maximum atomic E-state index is 11.9. The zero-order valence-electron chi connectivity index (χ0n) is 12.3. The van der Waals surface area contributed by atoms with Gasteiger partial charge in [0.2, 0.25) is 0 Å². The molecule has 1 aliphatic heterocycles. The van der Waals surface area contributed by atoms with Gasteiger partial charge in [-0.25, -0.2) is 4.90 Å². The number of aliphatic hydroxyl groups is 2. The summed E-state index contributed by atoms with van der Waals surface area (Å²) in [6, 6.07) is 3.02. The van der Waals surface area contributed by atoms with Crippen LogP contribution >= 0.6 is 0 Å². The highest BCUT2D eigenvalue weighted by atomic mass is 16.6. The average molecular weight is 295 g/mol. The van der Waals surface area contributed by atoms with Crippen LogP contribution in [0.5, 0.6) is 0 Å². The number of rotatable bonds is 2. The summed E-state index contributed by atoms with van der Waals surface area (Å²) in [6.07, 6.45) is -2.27. The highest BCUT2D eigenvalue weighted by molar-refractivity contribution is 5.73. The summed E-state index contributed by atoms with van der Waals surface area (Å²) in [5, 5.41) is 20.5. The van der Waals surface area contributed by atoms with Crippen molar-refractivity contribution >= 4 is 17.3 Å². The highest BCUT2D eigenvalue weighted by Crippen LogP contribution is 2.41. The third-order valence-electron chi connectivity index (χ3n) is 3.20. The zero-order chi connectivity index (χ0) is 15.9. The van der Waals surface area contributed by atoms with Crippen molar-refractivity contribution in [2.45, 2.75) is 38.8 Å². The van der Waals surface area contributed by atoms with E-state index in [1.54, 1.807) is 20.8 Å². The minimum Gasteiger partial charge on any atom is -0.459 e. The summed E-state index contributed by atoms with van der Waals surface area (Å²) in [4.78, 5) is 13.1. The number of carbonyl (C=O) groups is 1. The van der Waals surface area contributed by atoms with Crippen molar-refractivity contribution in [2.75, 3.05) is 18.0 Å². The number of nitrogens with two attached hydrogens (primary N) is 2. The maximum Gasteiger partial charge on any atom is 0.320 e. The molecule has 0 bridgehead atoms. The topological polar surface area (TPSA) is 122 Å². The van der Waals surface area contributed by atoms with Crippen molar-refractivity contribution < 1.29 is 19.7 Å². The molecular formula is C14H21N3O4. The summed E-state index contributed by atoms with van der Waals surface area (Å²) in [5.41, 5.74) is 12.3. The smallest absolute Gasteiger partial charge is 0.320 e.